The second-order valence-electron chi connectivity index (χ2n) is 9.10. The Morgan fingerprint density at radius 2 is 1.88 bits per heavy atom. The van der Waals surface area contributed by atoms with Crippen LogP contribution in [0.15, 0.2) is 72.8 Å². The Morgan fingerprint density at radius 1 is 1.09 bits per heavy atom. The number of fused-ring (bicyclic) bond motifs is 1. The minimum atomic E-state index is 0.140. The number of hydrogen-bond donors (Lipinski definition) is 2. The first kappa shape index (κ1) is 22.4. The van der Waals surface area contributed by atoms with Crippen molar-refractivity contribution in [2.24, 2.45) is 5.92 Å². The molecule has 0 amide bonds. The standard InChI is InChI=1S/C28H33N5O/c1-4-34-20(3)27-19(2)33-28(32-26(27)16-21-12-14-29-15-13-21)24(18-31-33)23-10-11-25(30-17-23)22-8-6-5-7-9-22/h5-11,17-18,21,26,29,32H,3-4,12-16H2,1-2H3. The van der Waals surface area contributed by atoms with Gasteiger partial charge in [0.2, 0.25) is 0 Å². The maximum atomic E-state index is 5.88. The highest BCUT2D eigenvalue weighted by atomic mass is 16.5. The molecule has 2 aliphatic rings. The van der Waals surface area contributed by atoms with E-state index in [9.17, 15) is 0 Å². The molecule has 1 fully saturated rings. The second kappa shape index (κ2) is 9.85. The number of nitrogens with zero attached hydrogens (tertiary/aromatic N) is 3. The van der Waals surface area contributed by atoms with Gasteiger partial charge in [0.25, 0.3) is 0 Å². The number of pyridine rings is 1. The Balaban J connectivity index is 1.48. The Bertz CT molecular complexity index is 1170. The lowest BCUT2D eigenvalue weighted by atomic mass is 9.86. The molecule has 34 heavy (non-hydrogen) atoms. The number of piperidine rings is 1. The zero-order chi connectivity index (χ0) is 23.5. The lowest BCUT2D eigenvalue weighted by Gasteiger charge is -2.34. The third-order valence-corrected chi connectivity index (χ3v) is 6.93. The molecule has 0 radical (unpaired) electrons. The van der Waals surface area contributed by atoms with Gasteiger partial charge in [0, 0.05) is 28.5 Å². The van der Waals surface area contributed by atoms with Crippen LogP contribution in [-0.2, 0) is 4.74 Å². The maximum Gasteiger partial charge on any atom is 0.137 e. The summed E-state index contributed by atoms with van der Waals surface area (Å²) in [7, 11) is 0. The SMILES string of the molecule is C=C(OCC)C1=C(C)n2ncc(-c3ccc(-c4ccccc4)nc3)c2NC1CC1CCNCC1. The molecule has 2 aliphatic heterocycles. The minimum Gasteiger partial charge on any atom is -0.494 e. The van der Waals surface area contributed by atoms with Gasteiger partial charge in [-0.25, -0.2) is 4.68 Å². The minimum absolute atomic E-state index is 0.140. The smallest absolute Gasteiger partial charge is 0.137 e. The third-order valence-electron chi connectivity index (χ3n) is 6.93. The molecular weight excluding hydrogens is 422 g/mol. The highest BCUT2D eigenvalue weighted by Crippen LogP contribution is 2.39. The highest BCUT2D eigenvalue weighted by molar-refractivity contribution is 5.81. The van der Waals surface area contributed by atoms with Crippen LogP contribution in [0.4, 0.5) is 5.82 Å². The normalized spacial score (nSPS) is 18.4. The predicted molar refractivity (Wildman–Crippen MR) is 138 cm³/mol. The largest absolute Gasteiger partial charge is 0.494 e. The lowest BCUT2D eigenvalue weighted by molar-refractivity contribution is 0.233. The van der Waals surface area contributed by atoms with Crippen LogP contribution in [-0.4, -0.2) is 40.5 Å². The molecule has 0 aliphatic carbocycles. The fourth-order valence-corrected chi connectivity index (χ4v) is 5.16. The number of benzene rings is 1. The Labute approximate surface area is 201 Å². The van der Waals surface area contributed by atoms with Gasteiger partial charge in [0.15, 0.2) is 0 Å². The van der Waals surface area contributed by atoms with Gasteiger partial charge in [-0.2, -0.15) is 5.10 Å². The summed E-state index contributed by atoms with van der Waals surface area (Å²) in [5, 5.41) is 12.0. The van der Waals surface area contributed by atoms with Crippen molar-refractivity contribution in [3.8, 4) is 22.4 Å². The molecule has 2 aromatic heterocycles. The average molecular weight is 456 g/mol. The van der Waals surface area contributed by atoms with Crippen molar-refractivity contribution in [3.05, 3.63) is 72.8 Å². The van der Waals surface area contributed by atoms with E-state index in [1.807, 2.05) is 42.2 Å². The number of anilines is 1. The number of aromatic nitrogens is 3. The first-order chi connectivity index (χ1) is 16.7. The molecule has 6 nitrogen and oxygen atoms in total. The Hall–Kier alpha value is -3.38. The van der Waals surface area contributed by atoms with E-state index in [2.05, 4.69) is 48.4 Å². The topological polar surface area (TPSA) is 64.0 Å². The molecule has 1 aromatic carbocycles. The van der Waals surface area contributed by atoms with Crippen molar-refractivity contribution < 1.29 is 4.74 Å². The van der Waals surface area contributed by atoms with Gasteiger partial charge in [-0.1, -0.05) is 43.0 Å². The summed E-state index contributed by atoms with van der Waals surface area (Å²) in [6.45, 7) is 11.2. The zero-order valence-electron chi connectivity index (χ0n) is 20.1. The van der Waals surface area contributed by atoms with Gasteiger partial charge in [0.05, 0.1) is 30.2 Å². The quantitative estimate of drug-likeness (QED) is 0.456. The molecule has 3 aromatic rings. The number of allylic oxidation sites excluding steroid dienone is 1. The molecular formula is C28H33N5O. The van der Waals surface area contributed by atoms with Crippen LogP contribution in [0.25, 0.3) is 28.1 Å². The number of ether oxygens (including phenoxy) is 1. The zero-order valence-corrected chi connectivity index (χ0v) is 20.1. The molecule has 1 atom stereocenters. The summed E-state index contributed by atoms with van der Waals surface area (Å²) >= 11 is 0. The second-order valence-corrected chi connectivity index (χ2v) is 9.10. The molecule has 0 saturated carbocycles. The summed E-state index contributed by atoms with van der Waals surface area (Å²) in [4.78, 5) is 4.74. The van der Waals surface area contributed by atoms with Crippen LogP contribution in [0.1, 0.15) is 33.1 Å². The molecule has 0 spiro atoms. The molecule has 5 rings (SSSR count). The van der Waals surface area contributed by atoms with Crippen LogP contribution < -0.4 is 10.6 Å². The average Bonchev–Trinajstić information content (AvgIpc) is 3.30. The van der Waals surface area contributed by atoms with Gasteiger partial charge in [0.1, 0.15) is 11.6 Å². The van der Waals surface area contributed by atoms with Crippen LogP contribution in [0.5, 0.6) is 0 Å². The van der Waals surface area contributed by atoms with E-state index in [4.69, 9.17) is 14.8 Å². The summed E-state index contributed by atoms with van der Waals surface area (Å²) < 4.78 is 7.86. The molecule has 6 heteroatoms. The van der Waals surface area contributed by atoms with E-state index < -0.39 is 0 Å². The van der Waals surface area contributed by atoms with Crippen molar-refractivity contribution in [2.45, 2.75) is 39.2 Å². The van der Waals surface area contributed by atoms with Gasteiger partial charge < -0.3 is 15.4 Å². The van der Waals surface area contributed by atoms with E-state index in [0.717, 1.165) is 64.7 Å². The fourth-order valence-electron chi connectivity index (χ4n) is 5.16. The lowest BCUT2D eigenvalue weighted by Crippen LogP contribution is -2.36. The summed E-state index contributed by atoms with van der Waals surface area (Å²) in [5.74, 6) is 2.42. The van der Waals surface area contributed by atoms with Crippen molar-refractivity contribution in [1.29, 1.82) is 0 Å². The van der Waals surface area contributed by atoms with E-state index in [0.29, 0.717) is 12.5 Å². The number of hydrogen-bond acceptors (Lipinski definition) is 5. The number of nitrogens with one attached hydrogen (secondary N) is 2. The predicted octanol–water partition coefficient (Wildman–Crippen LogP) is 5.58. The van der Waals surface area contributed by atoms with Crippen LogP contribution in [0, 0.1) is 5.92 Å². The van der Waals surface area contributed by atoms with E-state index in [1.165, 1.54) is 12.8 Å². The van der Waals surface area contributed by atoms with Crippen LogP contribution >= 0.6 is 0 Å². The van der Waals surface area contributed by atoms with Gasteiger partial charge >= 0.3 is 0 Å². The van der Waals surface area contributed by atoms with E-state index in [1.54, 1.807) is 0 Å². The first-order valence-electron chi connectivity index (χ1n) is 12.3. The van der Waals surface area contributed by atoms with Gasteiger partial charge in [-0.3, -0.25) is 4.98 Å². The monoisotopic (exact) mass is 455 g/mol. The van der Waals surface area contributed by atoms with Crippen molar-refractivity contribution >= 4 is 11.5 Å². The first-order valence-corrected chi connectivity index (χ1v) is 12.3. The Kier molecular flexibility index (Phi) is 6.50. The van der Waals surface area contributed by atoms with Crippen molar-refractivity contribution in [1.82, 2.24) is 20.1 Å². The van der Waals surface area contributed by atoms with E-state index in [-0.39, 0.29) is 6.04 Å². The third kappa shape index (κ3) is 4.38. The molecule has 4 heterocycles. The molecule has 1 unspecified atom stereocenters. The van der Waals surface area contributed by atoms with Crippen molar-refractivity contribution in [3.63, 3.8) is 0 Å². The van der Waals surface area contributed by atoms with Crippen LogP contribution in [0.2, 0.25) is 0 Å². The molecule has 1 saturated heterocycles. The summed E-state index contributed by atoms with van der Waals surface area (Å²) in [6.07, 6.45) is 7.32. The van der Waals surface area contributed by atoms with Gasteiger partial charge in [-0.15, -0.1) is 0 Å². The molecule has 0 bridgehead atoms. The Morgan fingerprint density at radius 3 is 2.59 bits per heavy atom. The van der Waals surface area contributed by atoms with Crippen LogP contribution in [0.3, 0.4) is 0 Å². The summed E-state index contributed by atoms with van der Waals surface area (Å²) in [5.41, 5.74) is 6.39. The fraction of sp³-hybridized carbons (Fsp3) is 0.357. The number of rotatable bonds is 7. The molecule has 176 valence electrons. The molecule has 2 N–H and O–H groups in total. The van der Waals surface area contributed by atoms with Crippen molar-refractivity contribution in [2.75, 3.05) is 25.0 Å². The summed E-state index contributed by atoms with van der Waals surface area (Å²) in [6, 6.07) is 14.6. The highest BCUT2D eigenvalue weighted by Gasteiger charge is 2.32. The van der Waals surface area contributed by atoms with Gasteiger partial charge in [-0.05, 0) is 58.2 Å². The van der Waals surface area contributed by atoms with E-state index >= 15 is 0 Å². The maximum absolute atomic E-state index is 5.88.